The molecule has 1 amide bonds. The second-order valence-electron chi connectivity index (χ2n) is 6.00. The van der Waals surface area contributed by atoms with Crippen molar-refractivity contribution in [1.82, 2.24) is 4.98 Å². The fourth-order valence-corrected chi connectivity index (χ4v) is 3.57. The molecule has 0 fully saturated rings. The first-order valence-electron chi connectivity index (χ1n) is 7.99. The minimum atomic E-state index is -0.0970. The van der Waals surface area contributed by atoms with E-state index < -0.39 is 0 Å². The molecule has 3 aromatic rings. The molecule has 122 valence electrons. The highest BCUT2D eigenvalue weighted by Gasteiger charge is 2.17. The largest absolute Gasteiger partial charge is 0.321 e. The number of hydrogen-bond acceptors (Lipinski definition) is 3. The molecule has 3 rings (SSSR count). The molecule has 0 saturated carbocycles. The molecule has 0 aliphatic heterocycles. The maximum atomic E-state index is 12.7. The van der Waals surface area contributed by atoms with Gasteiger partial charge in [-0.05, 0) is 24.5 Å². The van der Waals surface area contributed by atoms with E-state index in [1.54, 1.807) is 0 Å². The van der Waals surface area contributed by atoms with E-state index in [4.69, 9.17) is 0 Å². The van der Waals surface area contributed by atoms with Crippen LogP contribution < -0.4 is 5.32 Å². The summed E-state index contributed by atoms with van der Waals surface area (Å²) in [6.07, 6.45) is 0. The van der Waals surface area contributed by atoms with Gasteiger partial charge in [-0.15, -0.1) is 11.3 Å². The van der Waals surface area contributed by atoms with Crippen LogP contribution in [0, 0.1) is 6.92 Å². The molecule has 0 bridgehead atoms. The van der Waals surface area contributed by atoms with E-state index in [0.717, 1.165) is 27.5 Å². The van der Waals surface area contributed by atoms with Gasteiger partial charge in [-0.2, -0.15) is 0 Å². The summed E-state index contributed by atoms with van der Waals surface area (Å²) in [5, 5.41) is 3.92. The SMILES string of the molecule is Cc1nc(-c2ccccc2)sc1C(=O)Nc1ccccc1C(C)C. The van der Waals surface area contributed by atoms with Gasteiger partial charge >= 0.3 is 0 Å². The lowest BCUT2D eigenvalue weighted by Crippen LogP contribution is -2.13. The van der Waals surface area contributed by atoms with E-state index in [1.807, 2.05) is 55.5 Å². The third-order valence-corrected chi connectivity index (χ3v) is 5.06. The molecule has 0 aliphatic carbocycles. The zero-order valence-corrected chi connectivity index (χ0v) is 14.9. The number of amides is 1. The first-order chi connectivity index (χ1) is 11.6. The van der Waals surface area contributed by atoms with Gasteiger partial charge in [-0.1, -0.05) is 62.4 Å². The summed E-state index contributed by atoms with van der Waals surface area (Å²) in [6.45, 7) is 6.12. The third kappa shape index (κ3) is 3.39. The fourth-order valence-electron chi connectivity index (χ4n) is 2.60. The Hall–Kier alpha value is -2.46. The van der Waals surface area contributed by atoms with Crippen molar-refractivity contribution >= 4 is 22.9 Å². The lowest BCUT2D eigenvalue weighted by Gasteiger charge is -2.13. The van der Waals surface area contributed by atoms with Gasteiger partial charge in [0.15, 0.2) is 0 Å². The van der Waals surface area contributed by atoms with Gasteiger partial charge in [0.2, 0.25) is 0 Å². The Morgan fingerprint density at radius 3 is 2.42 bits per heavy atom. The third-order valence-electron chi connectivity index (χ3n) is 3.85. The summed E-state index contributed by atoms with van der Waals surface area (Å²) >= 11 is 1.43. The summed E-state index contributed by atoms with van der Waals surface area (Å²) in [5.74, 6) is 0.254. The van der Waals surface area contributed by atoms with Gasteiger partial charge < -0.3 is 5.32 Å². The number of nitrogens with one attached hydrogen (secondary N) is 1. The zero-order chi connectivity index (χ0) is 17.1. The van der Waals surface area contributed by atoms with Crippen LogP contribution >= 0.6 is 11.3 Å². The predicted molar refractivity (Wildman–Crippen MR) is 101 cm³/mol. The van der Waals surface area contributed by atoms with Crippen LogP contribution in [0.1, 0.15) is 40.7 Å². The molecule has 0 unspecified atom stereocenters. The Bertz CT molecular complexity index is 853. The molecule has 2 aromatic carbocycles. The summed E-state index contributed by atoms with van der Waals surface area (Å²) in [7, 11) is 0. The Morgan fingerprint density at radius 1 is 1.04 bits per heavy atom. The van der Waals surface area contributed by atoms with Gasteiger partial charge in [0.1, 0.15) is 9.88 Å². The lowest BCUT2D eigenvalue weighted by atomic mass is 10.0. The standard InChI is InChI=1S/C20H20N2OS/c1-13(2)16-11-7-8-12-17(16)22-19(23)18-14(3)21-20(24-18)15-9-5-4-6-10-15/h4-13H,1-3H3,(H,22,23). The van der Waals surface area contributed by atoms with Gasteiger partial charge in [0, 0.05) is 11.3 Å². The fraction of sp³-hybridized carbons (Fsp3) is 0.200. The topological polar surface area (TPSA) is 42.0 Å². The van der Waals surface area contributed by atoms with E-state index in [2.05, 4.69) is 30.2 Å². The molecule has 24 heavy (non-hydrogen) atoms. The number of carbonyl (C=O) groups is 1. The number of benzene rings is 2. The van der Waals surface area contributed by atoms with Crippen molar-refractivity contribution in [2.24, 2.45) is 0 Å². The number of nitrogens with zero attached hydrogens (tertiary/aromatic N) is 1. The van der Waals surface area contributed by atoms with E-state index in [0.29, 0.717) is 10.8 Å². The number of aryl methyl sites for hydroxylation is 1. The smallest absolute Gasteiger partial charge is 0.267 e. The minimum Gasteiger partial charge on any atom is -0.321 e. The van der Waals surface area contributed by atoms with Crippen molar-refractivity contribution in [3.05, 3.63) is 70.7 Å². The zero-order valence-electron chi connectivity index (χ0n) is 14.0. The van der Waals surface area contributed by atoms with Crippen molar-refractivity contribution in [3.8, 4) is 10.6 Å². The van der Waals surface area contributed by atoms with Crippen molar-refractivity contribution in [3.63, 3.8) is 0 Å². The number of aromatic nitrogens is 1. The van der Waals surface area contributed by atoms with Crippen LogP contribution in [0.15, 0.2) is 54.6 Å². The van der Waals surface area contributed by atoms with E-state index in [9.17, 15) is 4.79 Å². The molecule has 0 saturated heterocycles. The van der Waals surface area contributed by atoms with Crippen molar-refractivity contribution in [1.29, 1.82) is 0 Å². The van der Waals surface area contributed by atoms with Gasteiger partial charge in [-0.25, -0.2) is 4.98 Å². The van der Waals surface area contributed by atoms with Gasteiger partial charge in [0.05, 0.1) is 5.69 Å². The lowest BCUT2D eigenvalue weighted by molar-refractivity contribution is 0.102. The normalized spacial score (nSPS) is 10.8. The summed E-state index contributed by atoms with van der Waals surface area (Å²) in [5.41, 5.74) is 3.80. The molecule has 3 nitrogen and oxygen atoms in total. The summed E-state index contributed by atoms with van der Waals surface area (Å²) < 4.78 is 0. The Morgan fingerprint density at radius 2 is 1.71 bits per heavy atom. The maximum Gasteiger partial charge on any atom is 0.267 e. The Balaban J connectivity index is 1.88. The maximum absolute atomic E-state index is 12.7. The number of rotatable bonds is 4. The molecular formula is C20H20N2OS. The van der Waals surface area contributed by atoms with Crippen molar-refractivity contribution < 1.29 is 4.79 Å². The second-order valence-corrected chi connectivity index (χ2v) is 6.99. The average Bonchev–Trinajstić information content (AvgIpc) is 2.98. The molecule has 1 N–H and O–H groups in total. The Labute approximate surface area is 146 Å². The number of thiazole rings is 1. The van der Waals surface area contributed by atoms with Crippen LogP contribution in [0.25, 0.3) is 10.6 Å². The monoisotopic (exact) mass is 336 g/mol. The summed E-state index contributed by atoms with van der Waals surface area (Å²) in [6, 6.07) is 17.9. The molecule has 0 radical (unpaired) electrons. The van der Waals surface area contributed by atoms with Gasteiger partial charge in [-0.3, -0.25) is 4.79 Å². The molecule has 1 aromatic heterocycles. The molecule has 1 heterocycles. The highest BCUT2D eigenvalue weighted by Crippen LogP contribution is 2.29. The van der Waals surface area contributed by atoms with Crippen molar-refractivity contribution in [2.75, 3.05) is 5.32 Å². The quantitative estimate of drug-likeness (QED) is 0.684. The van der Waals surface area contributed by atoms with Gasteiger partial charge in [0.25, 0.3) is 5.91 Å². The first-order valence-corrected chi connectivity index (χ1v) is 8.81. The number of hydrogen-bond donors (Lipinski definition) is 1. The Kier molecular flexibility index (Phi) is 4.76. The average molecular weight is 336 g/mol. The van der Waals surface area contributed by atoms with Crippen LogP contribution in [0.2, 0.25) is 0 Å². The van der Waals surface area contributed by atoms with Crippen LogP contribution in [0.3, 0.4) is 0 Å². The first kappa shape index (κ1) is 16.4. The number of para-hydroxylation sites is 1. The van der Waals surface area contributed by atoms with Crippen LogP contribution in [0.4, 0.5) is 5.69 Å². The van der Waals surface area contributed by atoms with Crippen LogP contribution in [-0.4, -0.2) is 10.9 Å². The highest BCUT2D eigenvalue weighted by molar-refractivity contribution is 7.17. The number of anilines is 1. The van der Waals surface area contributed by atoms with Crippen LogP contribution in [-0.2, 0) is 0 Å². The van der Waals surface area contributed by atoms with E-state index >= 15 is 0 Å². The van der Waals surface area contributed by atoms with E-state index in [1.165, 1.54) is 11.3 Å². The molecule has 0 aliphatic rings. The molecular weight excluding hydrogens is 316 g/mol. The minimum absolute atomic E-state index is 0.0970. The van der Waals surface area contributed by atoms with Crippen molar-refractivity contribution in [2.45, 2.75) is 26.7 Å². The highest BCUT2D eigenvalue weighted by atomic mass is 32.1. The summed E-state index contributed by atoms with van der Waals surface area (Å²) in [4.78, 5) is 17.9. The second kappa shape index (κ2) is 6.97. The predicted octanol–water partition coefficient (Wildman–Crippen LogP) is 5.49. The van der Waals surface area contributed by atoms with E-state index in [-0.39, 0.29) is 5.91 Å². The van der Waals surface area contributed by atoms with Crippen LogP contribution in [0.5, 0.6) is 0 Å². The molecule has 0 spiro atoms. The number of carbonyl (C=O) groups excluding carboxylic acids is 1. The molecule has 0 atom stereocenters. The molecule has 4 heteroatoms.